The van der Waals surface area contributed by atoms with Crippen molar-refractivity contribution in [3.8, 4) is 11.5 Å². The van der Waals surface area contributed by atoms with Gasteiger partial charge in [-0.05, 0) is 32.0 Å². The summed E-state index contributed by atoms with van der Waals surface area (Å²) in [6.45, 7) is 5.74. The fourth-order valence-corrected chi connectivity index (χ4v) is 1.91. The molecule has 0 heterocycles. The van der Waals surface area contributed by atoms with Crippen LogP contribution in [0.3, 0.4) is 0 Å². The van der Waals surface area contributed by atoms with Crippen molar-refractivity contribution < 1.29 is 28.6 Å². The van der Waals surface area contributed by atoms with Crippen molar-refractivity contribution in [1.82, 2.24) is 4.90 Å². The van der Waals surface area contributed by atoms with E-state index < -0.39 is 11.9 Å². The Morgan fingerprint density at radius 2 is 1.74 bits per heavy atom. The molecule has 1 rings (SSSR count). The number of benzene rings is 1. The van der Waals surface area contributed by atoms with Crippen LogP contribution >= 0.6 is 0 Å². The quantitative estimate of drug-likeness (QED) is 0.560. The molecule has 0 aliphatic carbocycles. The van der Waals surface area contributed by atoms with Crippen molar-refractivity contribution in [3.63, 3.8) is 0 Å². The number of rotatable bonds is 7. The maximum absolute atomic E-state index is 12.0. The molecular weight excluding hydrogens is 302 g/mol. The smallest absolute Gasteiger partial charge is 0.338 e. The Hall–Kier alpha value is -2.57. The maximum atomic E-state index is 12.0. The Kier molecular flexibility index (Phi) is 7.05. The predicted molar refractivity (Wildman–Crippen MR) is 82.5 cm³/mol. The molecule has 1 aromatic carbocycles. The van der Waals surface area contributed by atoms with Crippen molar-refractivity contribution in [2.45, 2.75) is 20.8 Å². The minimum Gasteiger partial charge on any atom is -0.493 e. The molecule has 0 aromatic heterocycles. The lowest BCUT2D eigenvalue weighted by molar-refractivity contribution is -0.134. The molecule has 7 nitrogen and oxygen atoms in total. The van der Waals surface area contributed by atoms with Crippen LogP contribution in [0.1, 0.15) is 31.1 Å². The van der Waals surface area contributed by atoms with E-state index in [-0.39, 0.29) is 29.6 Å². The summed E-state index contributed by atoms with van der Waals surface area (Å²) in [6, 6.07) is 4.26. The summed E-state index contributed by atoms with van der Waals surface area (Å²) in [5, 5.41) is 0. The molecule has 0 fully saturated rings. The Bertz CT molecular complexity index is 580. The fraction of sp³-hybridized carbons (Fsp3) is 0.438. The zero-order valence-electron chi connectivity index (χ0n) is 13.8. The summed E-state index contributed by atoms with van der Waals surface area (Å²) >= 11 is 0. The van der Waals surface area contributed by atoms with E-state index >= 15 is 0 Å². The molecule has 126 valence electrons. The first-order chi connectivity index (χ1) is 10.9. The molecule has 0 aliphatic heterocycles. The van der Waals surface area contributed by atoms with Crippen molar-refractivity contribution in [2.24, 2.45) is 0 Å². The zero-order valence-corrected chi connectivity index (χ0v) is 13.8. The number of likely N-dealkylation sites (N-methyl/N-ethyl adjacent to an activating group) is 1. The summed E-state index contributed by atoms with van der Waals surface area (Å²) in [4.78, 5) is 36.4. The van der Waals surface area contributed by atoms with Gasteiger partial charge in [-0.15, -0.1) is 0 Å². The average Bonchev–Trinajstić information content (AvgIpc) is 2.53. The normalized spacial score (nSPS) is 9.91. The molecule has 0 radical (unpaired) electrons. The lowest BCUT2D eigenvalue weighted by Gasteiger charge is -2.18. The number of esters is 2. The van der Waals surface area contributed by atoms with Gasteiger partial charge in [-0.1, -0.05) is 0 Å². The highest BCUT2D eigenvalue weighted by Crippen LogP contribution is 2.28. The second-order valence-electron chi connectivity index (χ2n) is 4.60. The number of ether oxygens (including phenoxy) is 3. The Balaban J connectivity index is 2.77. The summed E-state index contributed by atoms with van der Waals surface area (Å²) < 4.78 is 15.0. The van der Waals surface area contributed by atoms with E-state index in [1.54, 1.807) is 4.90 Å². The van der Waals surface area contributed by atoms with E-state index in [2.05, 4.69) is 0 Å². The standard InChI is InChI=1S/C16H21NO6/c1-5-17(6-2)15(19)10-22-16(20)12-7-8-13(23-11(3)18)14(9-12)21-4/h7-9H,5-6,10H2,1-4H3. The number of carbonyl (C=O) groups excluding carboxylic acids is 3. The van der Waals surface area contributed by atoms with Crippen LogP contribution in [-0.2, 0) is 14.3 Å². The van der Waals surface area contributed by atoms with Gasteiger partial charge in [0.25, 0.3) is 5.91 Å². The van der Waals surface area contributed by atoms with E-state index in [0.717, 1.165) is 0 Å². The SMILES string of the molecule is CCN(CC)C(=O)COC(=O)c1ccc(OC(C)=O)c(OC)c1. The largest absolute Gasteiger partial charge is 0.493 e. The number of hydrogen-bond donors (Lipinski definition) is 0. The molecule has 0 saturated heterocycles. The van der Waals surface area contributed by atoms with Crippen LogP contribution in [0.4, 0.5) is 0 Å². The van der Waals surface area contributed by atoms with Crippen LogP contribution in [0.5, 0.6) is 11.5 Å². The molecule has 7 heteroatoms. The van der Waals surface area contributed by atoms with E-state index in [1.807, 2.05) is 13.8 Å². The maximum Gasteiger partial charge on any atom is 0.338 e. The highest BCUT2D eigenvalue weighted by Gasteiger charge is 2.16. The topological polar surface area (TPSA) is 82.1 Å². The van der Waals surface area contributed by atoms with Gasteiger partial charge in [-0.2, -0.15) is 0 Å². The minimum atomic E-state index is -0.654. The first-order valence-corrected chi connectivity index (χ1v) is 7.24. The van der Waals surface area contributed by atoms with Crippen LogP contribution in [0.2, 0.25) is 0 Å². The van der Waals surface area contributed by atoms with E-state index in [9.17, 15) is 14.4 Å². The molecule has 0 aliphatic rings. The van der Waals surface area contributed by atoms with Crippen molar-refractivity contribution in [1.29, 1.82) is 0 Å². The number of nitrogens with zero attached hydrogens (tertiary/aromatic N) is 1. The monoisotopic (exact) mass is 323 g/mol. The van der Waals surface area contributed by atoms with Crippen LogP contribution in [-0.4, -0.2) is 49.6 Å². The Morgan fingerprint density at radius 1 is 1.09 bits per heavy atom. The van der Waals surface area contributed by atoms with Gasteiger partial charge in [-0.3, -0.25) is 9.59 Å². The molecule has 0 spiro atoms. The molecule has 1 amide bonds. The third kappa shape index (κ3) is 5.28. The van der Waals surface area contributed by atoms with Gasteiger partial charge in [0.1, 0.15) is 0 Å². The van der Waals surface area contributed by atoms with Gasteiger partial charge in [0.05, 0.1) is 12.7 Å². The van der Waals surface area contributed by atoms with Crippen molar-refractivity contribution >= 4 is 17.8 Å². The highest BCUT2D eigenvalue weighted by molar-refractivity contribution is 5.92. The third-order valence-electron chi connectivity index (χ3n) is 3.10. The van der Waals surface area contributed by atoms with Crippen LogP contribution in [0.15, 0.2) is 18.2 Å². The van der Waals surface area contributed by atoms with Gasteiger partial charge in [0, 0.05) is 20.0 Å². The van der Waals surface area contributed by atoms with Crippen LogP contribution in [0, 0.1) is 0 Å². The number of carbonyl (C=O) groups is 3. The lowest BCUT2D eigenvalue weighted by atomic mass is 10.2. The first kappa shape index (κ1) is 18.5. The first-order valence-electron chi connectivity index (χ1n) is 7.24. The molecule has 0 saturated carbocycles. The summed E-state index contributed by atoms with van der Waals surface area (Å²) in [7, 11) is 1.39. The second-order valence-corrected chi connectivity index (χ2v) is 4.60. The third-order valence-corrected chi connectivity index (χ3v) is 3.10. The summed E-state index contributed by atoms with van der Waals surface area (Å²) in [6.07, 6.45) is 0. The molecule has 0 bridgehead atoms. The molecule has 0 N–H and O–H groups in total. The highest BCUT2D eigenvalue weighted by atomic mass is 16.6. The van der Waals surface area contributed by atoms with Crippen molar-refractivity contribution in [2.75, 3.05) is 26.8 Å². The van der Waals surface area contributed by atoms with Gasteiger partial charge < -0.3 is 19.1 Å². The molecule has 0 atom stereocenters. The van der Waals surface area contributed by atoms with E-state index in [4.69, 9.17) is 14.2 Å². The average molecular weight is 323 g/mol. The molecule has 0 unspecified atom stereocenters. The van der Waals surface area contributed by atoms with Gasteiger partial charge in [-0.25, -0.2) is 4.79 Å². The van der Waals surface area contributed by atoms with Crippen LogP contribution < -0.4 is 9.47 Å². The van der Waals surface area contributed by atoms with Gasteiger partial charge in [0.2, 0.25) is 0 Å². The summed E-state index contributed by atoms with van der Waals surface area (Å²) in [5.74, 6) is -0.978. The second kappa shape index (κ2) is 8.77. The van der Waals surface area contributed by atoms with E-state index in [0.29, 0.717) is 13.1 Å². The number of methoxy groups -OCH3 is 1. The molecule has 23 heavy (non-hydrogen) atoms. The lowest BCUT2D eigenvalue weighted by Crippen LogP contribution is -2.34. The Labute approximate surface area is 135 Å². The van der Waals surface area contributed by atoms with E-state index in [1.165, 1.54) is 32.2 Å². The van der Waals surface area contributed by atoms with Gasteiger partial charge >= 0.3 is 11.9 Å². The molecular formula is C16H21NO6. The minimum absolute atomic E-state index is 0.199. The zero-order chi connectivity index (χ0) is 17.4. The predicted octanol–water partition coefficient (Wildman–Crippen LogP) is 1.65. The number of amides is 1. The van der Waals surface area contributed by atoms with Gasteiger partial charge in [0.15, 0.2) is 18.1 Å². The summed E-state index contributed by atoms with van der Waals surface area (Å²) in [5.41, 5.74) is 0.199. The Morgan fingerprint density at radius 3 is 2.26 bits per heavy atom. The van der Waals surface area contributed by atoms with Crippen LogP contribution in [0.25, 0.3) is 0 Å². The fourth-order valence-electron chi connectivity index (χ4n) is 1.91. The van der Waals surface area contributed by atoms with Crippen molar-refractivity contribution in [3.05, 3.63) is 23.8 Å². The number of hydrogen-bond acceptors (Lipinski definition) is 6. The molecule has 1 aromatic rings.